The Morgan fingerprint density at radius 3 is 2.60 bits per heavy atom. The lowest BCUT2D eigenvalue weighted by molar-refractivity contribution is -0.173. The topological polar surface area (TPSA) is 21.3 Å². The Labute approximate surface area is 126 Å². The fourth-order valence-electron chi connectivity index (χ4n) is 1.64. The predicted molar refractivity (Wildman–Crippen MR) is 74.4 cm³/mol. The van der Waals surface area contributed by atoms with Crippen LogP contribution in [0.4, 0.5) is 13.2 Å². The maximum absolute atomic E-state index is 11.8. The minimum atomic E-state index is -4.27. The number of halogens is 5. The molecule has 0 heterocycles. The van der Waals surface area contributed by atoms with E-state index in [1.54, 1.807) is 12.1 Å². The van der Waals surface area contributed by atoms with Crippen LogP contribution < -0.4 is 5.32 Å². The molecule has 0 aromatic heterocycles. The molecule has 0 aliphatic heterocycles. The summed E-state index contributed by atoms with van der Waals surface area (Å²) in [6, 6.07) is 5.21. The van der Waals surface area contributed by atoms with E-state index in [4.69, 9.17) is 23.2 Å². The predicted octanol–water partition coefficient (Wildman–Crippen LogP) is 4.61. The quantitative estimate of drug-likeness (QED) is 0.737. The molecule has 1 unspecified atom stereocenters. The first kappa shape index (κ1) is 17.6. The summed E-state index contributed by atoms with van der Waals surface area (Å²) in [7, 11) is 0. The van der Waals surface area contributed by atoms with Crippen LogP contribution in [0.3, 0.4) is 0 Å². The Balaban J connectivity index is 2.25. The van der Waals surface area contributed by atoms with E-state index in [0.717, 1.165) is 5.56 Å². The van der Waals surface area contributed by atoms with Crippen molar-refractivity contribution in [1.82, 2.24) is 5.32 Å². The molecule has 1 aromatic rings. The molecule has 1 atom stereocenters. The highest BCUT2D eigenvalue weighted by Crippen LogP contribution is 2.25. The van der Waals surface area contributed by atoms with E-state index in [0.29, 0.717) is 23.0 Å². The number of hydrogen-bond donors (Lipinski definition) is 1. The molecular formula is C13H16Cl2F3NO. The summed E-state index contributed by atoms with van der Waals surface area (Å²) in [4.78, 5) is 0. The maximum Gasteiger partial charge on any atom is 0.411 e. The summed E-state index contributed by atoms with van der Waals surface area (Å²) >= 11 is 11.9. The fourth-order valence-corrected chi connectivity index (χ4v) is 2.22. The van der Waals surface area contributed by atoms with Gasteiger partial charge in [0.05, 0.1) is 0 Å². The van der Waals surface area contributed by atoms with E-state index >= 15 is 0 Å². The summed E-state index contributed by atoms with van der Waals surface area (Å²) in [5.74, 6) is 0. The summed E-state index contributed by atoms with van der Waals surface area (Å²) in [5.41, 5.74) is 0.896. The Kier molecular flexibility index (Phi) is 7.09. The summed E-state index contributed by atoms with van der Waals surface area (Å²) in [5, 5.41) is 4.29. The molecular weight excluding hydrogens is 314 g/mol. The Hall–Kier alpha value is -0.490. The van der Waals surface area contributed by atoms with Gasteiger partial charge in [0.1, 0.15) is 6.61 Å². The monoisotopic (exact) mass is 329 g/mol. The van der Waals surface area contributed by atoms with Gasteiger partial charge in [-0.1, -0.05) is 29.3 Å². The Morgan fingerprint density at radius 2 is 2.00 bits per heavy atom. The lowest BCUT2D eigenvalue weighted by Crippen LogP contribution is -2.22. The lowest BCUT2D eigenvalue weighted by atomic mass is 10.1. The first-order chi connectivity index (χ1) is 9.29. The van der Waals surface area contributed by atoms with E-state index in [1.807, 2.05) is 13.0 Å². The van der Waals surface area contributed by atoms with Crippen molar-refractivity contribution < 1.29 is 17.9 Å². The van der Waals surface area contributed by atoms with Crippen molar-refractivity contribution in [2.24, 2.45) is 0 Å². The summed E-state index contributed by atoms with van der Waals surface area (Å²) in [6.07, 6.45) is -3.77. The molecule has 7 heteroatoms. The van der Waals surface area contributed by atoms with Gasteiger partial charge in [0.25, 0.3) is 0 Å². The van der Waals surface area contributed by atoms with Gasteiger partial charge in [0, 0.05) is 22.7 Å². The number of hydrogen-bond acceptors (Lipinski definition) is 2. The van der Waals surface area contributed by atoms with Crippen molar-refractivity contribution >= 4 is 23.2 Å². The average Bonchev–Trinajstić information content (AvgIpc) is 2.32. The second-order valence-electron chi connectivity index (χ2n) is 4.36. The van der Waals surface area contributed by atoms with Crippen molar-refractivity contribution in [3.63, 3.8) is 0 Å². The van der Waals surface area contributed by atoms with Crippen LogP contribution in [0, 0.1) is 0 Å². The molecule has 0 aliphatic rings. The second kappa shape index (κ2) is 8.08. The average molecular weight is 330 g/mol. The van der Waals surface area contributed by atoms with Crippen LogP contribution in [0.2, 0.25) is 10.0 Å². The van der Waals surface area contributed by atoms with Gasteiger partial charge in [-0.05, 0) is 37.6 Å². The zero-order chi connectivity index (χ0) is 15.2. The lowest BCUT2D eigenvalue weighted by Gasteiger charge is -2.16. The molecule has 114 valence electrons. The smallest absolute Gasteiger partial charge is 0.372 e. The summed E-state index contributed by atoms with van der Waals surface area (Å²) in [6.45, 7) is 1.32. The molecule has 0 aliphatic carbocycles. The molecule has 0 spiro atoms. The molecule has 1 N–H and O–H groups in total. The molecule has 0 fully saturated rings. The molecule has 20 heavy (non-hydrogen) atoms. The van der Waals surface area contributed by atoms with E-state index in [2.05, 4.69) is 10.1 Å². The largest absolute Gasteiger partial charge is 0.411 e. The van der Waals surface area contributed by atoms with E-state index in [-0.39, 0.29) is 12.6 Å². The van der Waals surface area contributed by atoms with Crippen LogP contribution in [0.5, 0.6) is 0 Å². The molecule has 1 aromatic carbocycles. The number of benzene rings is 1. The van der Waals surface area contributed by atoms with E-state index in [1.165, 1.54) is 0 Å². The van der Waals surface area contributed by atoms with E-state index in [9.17, 15) is 13.2 Å². The van der Waals surface area contributed by atoms with Crippen molar-refractivity contribution in [2.45, 2.75) is 25.6 Å². The third-order valence-corrected chi connectivity index (χ3v) is 3.17. The second-order valence-corrected chi connectivity index (χ2v) is 5.21. The number of rotatable bonds is 7. The van der Waals surface area contributed by atoms with Crippen molar-refractivity contribution in [3.05, 3.63) is 33.8 Å². The number of ether oxygens (including phenoxy) is 1. The summed E-state index contributed by atoms with van der Waals surface area (Å²) < 4.78 is 40.0. The first-order valence-corrected chi connectivity index (χ1v) is 6.88. The highest BCUT2D eigenvalue weighted by atomic mass is 35.5. The van der Waals surface area contributed by atoms with Crippen LogP contribution >= 0.6 is 23.2 Å². The van der Waals surface area contributed by atoms with Crippen molar-refractivity contribution in [1.29, 1.82) is 0 Å². The van der Waals surface area contributed by atoms with Gasteiger partial charge in [-0.15, -0.1) is 0 Å². The normalized spacial score (nSPS) is 13.5. The minimum Gasteiger partial charge on any atom is -0.372 e. The Morgan fingerprint density at radius 1 is 1.30 bits per heavy atom. The van der Waals surface area contributed by atoms with Gasteiger partial charge >= 0.3 is 6.18 Å². The Bertz CT molecular complexity index is 427. The molecule has 0 radical (unpaired) electrons. The number of nitrogens with one attached hydrogen (secondary N) is 1. The molecule has 1 rings (SSSR count). The number of alkyl halides is 3. The zero-order valence-electron chi connectivity index (χ0n) is 10.9. The van der Waals surface area contributed by atoms with Gasteiger partial charge in [-0.25, -0.2) is 0 Å². The standard InChI is InChI=1S/C13H16Cl2F3NO/c1-9(11-4-3-10(14)7-12(11)15)19-5-2-6-20-8-13(16,17)18/h3-4,7,9,19H,2,5-6,8H2,1H3. The van der Waals surface area contributed by atoms with Crippen LogP contribution in [0.15, 0.2) is 18.2 Å². The van der Waals surface area contributed by atoms with Crippen LogP contribution in [-0.4, -0.2) is 25.9 Å². The van der Waals surface area contributed by atoms with Crippen LogP contribution in [-0.2, 0) is 4.74 Å². The molecule has 0 bridgehead atoms. The fraction of sp³-hybridized carbons (Fsp3) is 0.538. The minimum absolute atomic E-state index is 0.0117. The van der Waals surface area contributed by atoms with Gasteiger partial charge in [-0.3, -0.25) is 0 Å². The third kappa shape index (κ3) is 6.79. The zero-order valence-corrected chi connectivity index (χ0v) is 12.4. The first-order valence-electron chi connectivity index (χ1n) is 6.12. The van der Waals surface area contributed by atoms with Crippen molar-refractivity contribution in [2.75, 3.05) is 19.8 Å². The molecule has 0 saturated carbocycles. The SMILES string of the molecule is CC(NCCCOCC(F)(F)F)c1ccc(Cl)cc1Cl. The van der Waals surface area contributed by atoms with Gasteiger partial charge < -0.3 is 10.1 Å². The highest BCUT2D eigenvalue weighted by Gasteiger charge is 2.27. The van der Waals surface area contributed by atoms with Gasteiger partial charge in [0.2, 0.25) is 0 Å². The maximum atomic E-state index is 11.8. The van der Waals surface area contributed by atoms with Gasteiger partial charge in [0.15, 0.2) is 0 Å². The van der Waals surface area contributed by atoms with Crippen LogP contribution in [0.1, 0.15) is 24.9 Å². The van der Waals surface area contributed by atoms with E-state index < -0.39 is 12.8 Å². The van der Waals surface area contributed by atoms with Gasteiger partial charge in [-0.2, -0.15) is 13.2 Å². The van der Waals surface area contributed by atoms with Crippen molar-refractivity contribution in [3.8, 4) is 0 Å². The molecule has 2 nitrogen and oxygen atoms in total. The highest BCUT2D eigenvalue weighted by molar-refractivity contribution is 6.35. The van der Waals surface area contributed by atoms with Crippen LogP contribution in [0.25, 0.3) is 0 Å². The molecule has 0 amide bonds. The molecule has 0 saturated heterocycles. The third-order valence-electron chi connectivity index (χ3n) is 2.61.